The lowest BCUT2D eigenvalue weighted by Gasteiger charge is -2.07. The van der Waals surface area contributed by atoms with Crippen LogP contribution in [0.1, 0.15) is 35.4 Å². The van der Waals surface area contributed by atoms with Gasteiger partial charge in [0, 0.05) is 6.42 Å². The first kappa shape index (κ1) is 14.0. The smallest absolute Gasteiger partial charge is 0.339 e. The van der Waals surface area contributed by atoms with E-state index in [-0.39, 0.29) is 23.7 Å². The van der Waals surface area contributed by atoms with E-state index < -0.39 is 11.8 Å². The molecule has 2 aromatic rings. The van der Waals surface area contributed by atoms with Crippen LogP contribution < -0.4 is 4.74 Å². The topological polar surface area (TPSA) is 85.5 Å². The van der Waals surface area contributed by atoms with E-state index in [4.69, 9.17) is 14.4 Å². The van der Waals surface area contributed by atoms with Crippen molar-refractivity contribution in [3.8, 4) is 5.75 Å². The Morgan fingerprint density at radius 1 is 1.50 bits per heavy atom. The number of para-hydroxylation sites is 1. The van der Waals surface area contributed by atoms with E-state index in [9.17, 15) is 9.18 Å². The number of carboxylic acids is 1. The zero-order valence-corrected chi connectivity index (χ0v) is 10.8. The molecular formula is C13H13FN2O4. The van der Waals surface area contributed by atoms with Gasteiger partial charge in [0.1, 0.15) is 5.56 Å². The average Bonchev–Trinajstić information content (AvgIpc) is 2.85. The van der Waals surface area contributed by atoms with Crippen molar-refractivity contribution in [1.29, 1.82) is 0 Å². The molecule has 0 fully saturated rings. The van der Waals surface area contributed by atoms with Crippen LogP contribution >= 0.6 is 0 Å². The van der Waals surface area contributed by atoms with Gasteiger partial charge >= 0.3 is 5.97 Å². The Labute approximate surface area is 114 Å². The molecule has 0 saturated carbocycles. The van der Waals surface area contributed by atoms with Crippen LogP contribution in [0.25, 0.3) is 0 Å². The molecule has 0 aliphatic rings. The zero-order chi connectivity index (χ0) is 14.5. The van der Waals surface area contributed by atoms with Gasteiger partial charge in [0.2, 0.25) is 11.7 Å². The van der Waals surface area contributed by atoms with Crippen molar-refractivity contribution in [3.63, 3.8) is 0 Å². The van der Waals surface area contributed by atoms with Crippen LogP contribution in [0, 0.1) is 5.82 Å². The first-order chi connectivity index (χ1) is 9.61. The fraction of sp³-hybridized carbons (Fsp3) is 0.308. The highest BCUT2D eigenvalue weighted by Crippen LogP contribution is 2.23. The number of aryl methyl sites for hydroxylation is 1. The van der Waals surface area contributed by atoms with Crippen LogP contribution in [-0.4, -0.2) is 21.2 Å². The molecule has 0 atom stereocenters. The zero-order valence-electron chi connectivity index (χ0n) is 10.8. The lowest BCUT2D eigenvalue weighted by atomic mass is 10.2. The maximum absolute atomic E-state index is 13.6. The van der Waals surface area contributed by atoms with Gasteiger partial charge in [-0.1, -0.05) is 18.1 Å². The molecule has 2 rings (SSSR count). The van der Waals surface area contributed by atoms with Crippen molar-refractivity contribution < 1.29 is 23.6 Å². The number of halogens is 1. The van der Waals surface area contributed by atoms with E-state index in [1.807, 2.05) is 6.92 Å². The molecule has 7 heteroatoms. The minimum Gasteiger partial charge on any atom is -0.481 e. The summed E-state index contributed by atoms with van der Waals surface area (Å²) in [7, 11) is 0. The summed E-state index contributed by atoms with van der Waals surface area (Å²) in [6, 6.07) is 3.69. The maximum Gasteiger partial charge on any atom is 0.339 e. The van der Waals surface area contributed by atoms with E-state index in [0.29, 0.717) is 12.3 Å². The number of aromatic nitrogens is 2. The Hall–Kier alpha value is -2.44. The first-order valence-corrected chi connectivity index (χ1v) is 6.08. The third-order valence-corrected chi connectivity index (χ3v) is 2.52. The first-order valence-electron chi connectivity index (χ1n) is 6.08. The fourth-order valence-corrected chi connectivity index (χ4v) is 1.62. The molecule has 0 radical (unpaired) electrons. The molecule has 106 valence electrons. The van der Waals surface area contributed by atoms with Gasteiger partial charge in [-0.25, -0.2) is 9.18 Å². The Kier molecular flexibility index (Phi) is 4.29. The summed E-state index contributed by atoms with van der Waals surface area (Å²) in [6.07, 6.45) is 1.51. The van der Waals surface area contributed by atoms with Gasteiger partial charge in [0.05, 0.1) is 0 Å². The highest BCUT2D eigenvalue weighted by atomic mass is 19.1. The molecule has 1 aromatic carbocycles. The van der Waals surface area contributed by atoms with Gasteiger partial charge in [-0.2, -0.15) is 4.98 Å². The van der Waals surface area contributed by atoms with Crippen molar-refractivity contribution >= 4 is 5.97 Å². The quantitative estimate of drug-likeness (QED) is 0.874. The van der Waals surface area contributed by atoms with Crippen molar-refractivity contribution in [3.05, 3.63) is 41.3 Å². The number of hydrogen-bond donors (Lipinski definition) is 1. The molecule has 0 aliphatic heterocycles. The Morgan fingerprint density at radius 2 is 2.30 bits per heavy atom. The van der Waals surface area contributed by atoms with Crippen molar-refractivity contribution in [1.82, 2.24) is 10.1 Å². The molecular weight excluding hydrogens is 267 g/mol. The van der Waals surface area contributed by atoms with Gasteiger partial charge in [-0.15, -0.1) is 0 Å². The largest absolute Gasteiger partial charge is 0.481 e. The second-order valence-corrected chi connectivity index (χ2v) is 4.06. The molecule has 1 aromatic heterocycles. The number of carboxylic acid groups (broad SMARTS) is 1. The third kappa shape index (κ3) is 3.11. The van der Waals surface area contributed by atoms with E-state index in [0.717, 1.165) is 12.5 Å². The minimum absolute atomic E-state index is 0.158. The van der Waals surface area contributed by atoms with E-state index in [1.54, 1.807) is 0 Å². The number of rotatable bonds is 6. The molecule has 0 unspecified atom stereocenters. The van der Waals surface area contributed by atoms with E-state index >= 15 is 0 Å². The summed E-state index contributed by atoms with van der Waals surface area (Å²) in [6.45, 7) is 1.81. The van der Waals surface area contributed by atoms with Gasteiger partial charge in [0.25, 0.3) is 0 Å². The number of nitrogens with zero attached hydrogens (tertiary/aromatic N) is 2. The minimum atomic E-state index is -1.26. The predicted molar refractivity (Wildman–Crippen MR) is 66.0 cm³/mol. The van der Waals surface area contributed by atoms with Crippen LogP contribution in [0.3, 0.4) is 0 Å². The Bertz CT molecular complexity index is 612. The molecule has 20 heavy (non-hydrogen) atoms. The third-order valence-electron chi connectivity index (χ3n) is 2.52. The molecule has 0 saturated heterocycles. The van der Waals surface area contributed by atoms with E-state index in [1.165, 1.54) is 12.1 Å². The maximum atomic E-state index is 13.6. The molecule has 1 heterocycles. The van der Waals surface area contributed by atoms with Gasteiger partial charge in [-0.3, -0.25) is 0 Å². The second-order valence-electron chi connectivity index (χ2n) is 4.06. The number of carbonyl (C=O) groups is 1. The second kappa shape index (κ2) is 6.14. The molecule has 0 amide bonds. The monoisotopic (exact) mass is 280 g/mol. The summed E-state index contributed by atoms with van der Waals surface area (Å²) in [5, 5.41) is 12.6. The van der Waals surface area contributed by atoms with Crippen LogP contribution in [0.2, 0.25) is 0 Å². The van der Waals surface area contributed by atoms with Gasteiger partial charge < -0.3 is 14.4 Å². The summed E-state index contributed by atoms with van der Waals surface area (Å²) >= 11 is 0. The summed E-state index contributed by atoms with van der Waals surface area (Å²) in [4.78, 5) is 15.0. The molecule has 6 nitrogen and oxygen atoms in total. The Morgan fingerprint density at radius 3 is 3.00 bits per heavy atom. The summed E-state index contributed by atoms with van der Waals surface area (Å²) < 4.78 is 23.7. The van der Waals surface area contributed by atoms with Crippen LogP contribution in [-0.2, 0) is 13.0 Å². The SMILES string of the molecule is CCCc1nc(COc2c(F)cccc2C(=O)O)no1. The Balaban J connectivity index is 2.12. The molecule has 0 aliphatic carbocycles. The summed E-state index contributed by atoms with van der Waals surface area (Å²) in [5.41, 5.74) is -0.248. The number of benzene rings is 1. The number of ether oxygens (including phenoxy) is 1. The molecule has 1 N–H and O–H groups in total. The lowest BCUT2D eigenvalue weighted by Crippen LogP contribution is -2.06. The number of hydrogen-bond acceptors (Lipinski definition) is 5. The van der Waals surface area contributed by atoms with Crippen LogP contribution in [0.15, 0.2) is 22.7 Å². The van der Waals surface area contributed by atoms with Crippen LogP contribution in [0.5, 0.6) is 5.75 Å². The van der Waals surface area contributed by atoms with Crippen molar-refractivity contribution in [2.24, 2.45) is 0 Å². The molecule has 0 spiro atoms. The number of aromatic carboxylic acids is 1. The average molecular weight is 280 g/mol. The highest BCUT2D eigenvalue weighted by Gasteiger charge is 2.16. The van der Waals surface area contributed by atoms with E-state index in [2.05, 4.69) is 10.1 Å². The van der Waals surface area contributed by atoms with Crippen molar-refractivity contribution in [2.75, 3.05) is 0 Å². The normalized spacial score (nSPS) is 10.5. The van der Waals surface area contributed by atoms with Crippen molar-refractivity contribution in [2.45, 2.75) is 26.4 Å². The van der Waals surface area contributed by atoms with Gasteiger partial charge in [-0.05, 0) is 18.6 Å². The predicted octanol–water partition coefficient (Wildman–Crippen LogP) is 2.44. The van der Waals surface area contributed by atoms with Gasteiger partial charge in [0.15, 0.2) is 18.2 Å². The fourth-order valence-electron chi connectivity index (χ4n) is 1.62. The lowest BCUT2D eigenvalue weighted by molar-refractivity contribution is 0.0690. The van der Waals surface area contributed by atoms with Crippen LogP contribution in [0.4, 0.5) is 4.39 Å². The molecule has 0 bridgehead atoms. The standard InChI is InChI=1S/C13H13FN2O4/c1-2-4-11-15-10(16-20-11)7-19-12-8(13(17)18)5-3-6-9(12)14/h3,5-6H,2,4,7H2,1H3,(H,17,18). The highest BCUT2D eigenvalue weighted by molar-refractivity contribution is 5.90. The summed E-state index contributed by atoms with van der Waals surface area (Å²) in [5.74, 6) is -1.63.